The molecule has 0 saturated carbocycles. The standard InChI is InChI=1S/C20H24FN5O2/c21-16-5-1-2-6-18(16)25-7-9-26(10-8-25)20(27)17-13-24-19(14-22-17)23-12-15-4-3-11-28-15/h1-2,5-6,13-15H,3-4,7-12H2,(H,23,24). The second kappa shape index (κ2) is 8.52. The summed E-state index contributed by atoms with van der Waals surface area (Å²) in [6.07, 6.45) is 5.45. The van der Waals surface area contributed by atoms with E-state index >= 15 is 0 Å². The Kier molecular flexibility index (Phi) is 5.66. The van der Waals surface area contributed by atoms with Gasteiger partial charge in [-0.05, 0) is 25.0 Å². The average Bonchev–Trinajstić information content (AvgIpc) is 3.26. The lowest BCUT2D eigenvalue weighted by molar-refractivity contribution is 0.0740. The molecule has 148 valence electrons. The minimum Gasteiger partial charge on any atom is -0.376 e. The van der Waals surface area contributed by atoms with Crippen molar-refractivity contribution < 1.29 is 13.9 Å². The van der Waals surface area contributed by atoms with Crippen LogP contribution in [0.25, 0.3) is 0 Å². The van der Waals surface area contributed by atoms with Crippen LogP contribution in [0.3, 0.4) is 0 Å². The lowest BCUT2D eigenvalue weighted by atomic mass is 10.2. The summed E-state index contributed by atoms with van der Waals surface area (Å²) in [5, 5.41) is 3.20. The molecule has 0 spiro atoms. The summed E-state index contributed by atoms with van der Waals surface area (Å²) in [5.41, 5.74) is 0.901. The number of nitrogens with zero attached hydrogens (tertiary/aromatic N) is 4. The van der Waals surface area contributed by atoms with Crippen molar-refractivity contribution in [3.05, 3.63) is 48.2 Å². The Morgan fingerprint density at radius 1 is 1.18 bits per heavy atom. The van der Waals surface area contributed by atoms with E-state index < -0.39 is 0 Å². The average molecular weight is 385 g/mol. The first-order valence-corrected chi connectivity index (χ1v) is 9.67. The molecule has 0 aliphatic carbocycles. The molecular formula is C20H24FN5O2. The molecule has 4 rings (SSSR count). The van der Waals surface area contributed by atoms with Gasteiger partial charge in [0.1, 0.15) is 17.3 Å². The summed E-state index contributed by atoms with van der Waals surface area (Å²) in [6.45, 7) is 3.72. The molecule has 2 aliphatic heterocycles. The third-order valence-corrected chi connectivity index (χ3v) is 5.17. The smallest absolute Gasteiger partial charge is 0.274 e. The number of halogens is 1. The topological polar surface area (TPSA) is 70.6 Å². The van der Waals surface area contributed by atoms with E-state index in [-0.39, 0.29) is 17.8 Å². The number of aromatic nitrogens is 2. The number of amides is 1. The Morgan fingerprint density at radius 2 is 2.00 bits per heavy atom. The molecule has 3 heterocycles. The molecule has 2 aliphatic rings. The van der Waals surface area contributed by atoms with Gasteiger partial charge in [0.15, 0.2) is 0 Å². The molecule has 1 N–H and O–H groups in total. The Balaban J connectivity index is 1.30. The number of hydrogen-bond donors (Lipinski definition) is 1. The Hall–Kier alpha value is -2.74. The number of para-hydroxylation sites is 1. The number of piperazine rings is 1. The molecule has 8 heteroatoms. The van der Waals surface area contributed by atoms with Gasteiger partial charge >= 0.3 is 0 Å². The van der Waals surface area contributed by atoms with Crippen molar-refractivity contribution in [2.45, 2.75) is 18.9 Å². The van der Waals surface area contributed by atoms with Crippen LogP contribution in [0.4, 0.5) is 15.9 Å². The number of nitrogens with one attached hydrogen (secondary N) is 1. The van der Waals surface area contributed by atoms with Gasteiger partial charge < -0.3 is 19.9 Å². The second-order valence-corrected chi connectivity index (χ2v) is 7.03. The maximum Gasteiger partial charge on any atom is 0.274 e. The van der Waals surface area contributed by atoms with Crippen LogP contribution in [-0.2, 0) is 4.74 Å². The Labute approximate surface area is 163 Å². The molecule has 1 amide bonds. The molecule has 1 unspecified atom stereocenters. The monoisotopic (exact) mass is 385 g/mol. The van der Waals surface area contributed by atoms with Crippen molar-refractivity contribution in [3.63, 3.8) is 0 Å². The zero-order valence-corrected chi connectivity index (χ0v) is 15.7. The van der Waals surface area contributed by atoms with Crippen molar-refractivity contribution >= 4 is 17.4 Å². The fraction of sp³-hybridized carbons (Fsp3) is 0.450. The van der Waals surface area contributed by atoms with Crippen molar-refractivity contribution in [3.8, 4) is 0 Å². The van der Waals surface area contributed by atoms with Crippen LogP contribution < -0.4 is 10.2 Å². The van der Waals surface area contributed by atoms with Gasteiger partial charge in [0.25, 0.3) is 5.91 Å². The molecule has 28 heavy (non-hydrogen) atoms. The highest BCUT2D eigenvalue weighted by molar-refractivity contribution is 5.92. The minimum atomic E-state index is -0.237. The Morgan fingerprint density at radius 3 is 2.68 bits per heavy atom. The third kappa shape index (κ3) is 4.22. The summed E-state index contributed by atoms with van der Waals surface area (Å²) in [5.74, 6) is 0.252. The highest BCUT2D eigenvalue weighted by atomic mass is 19.1. The maximum atomic E-state index is 13.9. The van der Waals surface area contributed by atoms with Crippen LogP contribution in [0, 0.1) is 5.82 Å². The predicted octanol–water partition coefficient (Wildman–Crippen LogP) is 2.17. The van der Waals surface area contributed by atoms with Crippen LogP contribution in [0.2, 0.25) is 0 Å². The van der Waals surface area contributed by atoms with Crippen molar-refractivity contribution in [1.82, 2.24) is 14.9 Å². The normalized spacial score (nSPS) is 19.7. The number of benzene rings is 1. The summed E-state index contributed by atoms with van der Waals surface area (Å²) < 4.78 is 19.5. The maximum absolute atomic E-state index is 13.9. The molecule has 2 fully saturated rings. The molecule has 1 aromatic heterocycles. The molecule has 1 aromatic carbocycles. The lowest BCUT2D eigenvalue weighted by Gasteiger charge is -2.36. The van der Waals surface area contributed by atoms with Crippen LogP contribution in [0.15, 0.2) is 36.7 Å². The number of anilines is 2. The molecule has 2 saturated heterocycles. The molecule has 1 atom stereocenters. The van der Waals surface area contributed by atoms with Gasteiger partial charge in [-0.25, -0.2) is 14.4 Å². The first-order valence-electron chi connectivity index (χ1n) is 9.67. The van der Waals surface area contributed by atoms with Gasteiger partial charge in [0, 0.05) is 39.3 Å². The molecule has 0 radical (unpaired) electrons. The van der Waals surface area contributed by atoms with E-state index in [1.54, 1.807) is 23.2 Å². The van der Waals surface area contributed by atoms with Gasteiger partial charge in [-0.2, -0.15) is 0 Å². The molecular weight excluding hydrogens is 361 g/mol. The number of carbonyl (C=O) groups excluding carboxylic acids is 1. The van der Waals surface area contributed by atoms with E-state index in [1.165, 1.54) is 12.3 Å². The first kappa shape index (κ1) is 18.6. The van der Waals surface area contributed by atoms with Gasteiger partial charge in [0.05, 0.1) is 24.2 Å². The number of carbonyl (C=O) groups is 1. The van der Waals surface area contributed by atoms with E-state index in [1.807, 2.05) is 11.0 Å². The zero-order valence-electron chi connectivity index (χ0n) is 15.7. The van der Waals surface area contributed by atoms with E-state index in [0.717, 1.165) is 19.4 Å². The van der Waals surface area contributed by atoms with Crippen LogP contribution in [0.1, 0.15) is 23.3 Å². The van der Waals surface area contributed by atoms with E-state index in [0.29, 0.717) is 49.9 Å². The molecule has 0 bridgehead atoms. The largest absolute Gasteiger partial charge is 0.376 e. The van der Waals surface area contributed by atoms with Gasteiger partial charge in [-0.3, -0.25) is 4.79 Å². The van der Waals surface area contributed by atoms with Gasteiger partial charge in [0.2, 0.25) is 0 Å². The van der Waals surface area contributed by atoms with Crippen LogP contribution in [0.5, 0.6) is 0 Å². The van der Waals surface area contributed by atoms with Gasteiger partial charge in [-0.15, -0.1) is 0 Å². The van der Waals surface area contributed by atoms with Gasteiger partial charge in [-0.1, -0.05) is 12.1 Å². The number of rotatable bonds is 5. The highest BCUT2D eigenvalue weighted by Crippen LogP contribution is 2.20. The molecule has 7 nitrogen and oxygen atoms in total. The van der Waals surface area contributed by atoms with Crippen molar-refractivity contribution in [1.29, 1.82) is 0 Å². The van der Waals surface area contributed by atoms with E-state index in [4.69, 9.17) is 4.74 Å². The van der Waals surface area contributed by atoms with Crippen LogP contribution >= 0.6 is 0 Å². The fourth-order valence-electron chi connectivity index (χ4n) is 3.57. The minimum absolute atomic E-state index is 0.147. The summed E-state index contributed by atoms with van der Waals surface area (Å²) in [4.78, 5) is 24.9. The fourth-order valence-corrected chi connectivity index (χ4v) is 3.57. The zero-order chi connectivity index (χ0) is 19.3. The molecule has 2 aromatic rings. The number of ether oxygens (including phenoxy) is 1. The number of hydrogen-bond acceptors (Lipinski definition) is 6. The van der Waals surface area contributed by atoms with Crippen molar-refractivity contribution in [2.24, 2.45) is 0 Å². The first-order chi connectivity index (χ1) is 13.7. The Bertz CT molecular complexity index is 802. The summed E-state index contributed by atoms with van der Waals surface area (Å²) in [6, 6.07) is 6.72. The second-order valence-electron chi connectivity index (χ2n) is 7.03. The van der Waals surface area contributed by atoms with E-state index in [2.05, 4.69) is 15.3 Å². The lowest BCUT2D eigenvalue weighted by Crippen LogP contribution is -2.49. The third-order valence-electron chi connectivity index (χ3n) is 5.17. The van der Waals surface area contributed by atoms with Crippen molar-refractivity contribution in [2.75, 3.05) is 49.5 Å². The predicted molar refractivity (Wildman–Crippen MR) is 104 cm³/mol. The SMILES string of the molecule is O=C(c1cnc(NCC2CCCO2)cn1)N1CCN(c2ccccc2F)CC1. The summed E-state index contributed by atoms with van der Waals surface area (Å²) >= 11 is 0. The quantitative estimate of drug-likeness (QED) is 0.851. The van der Waals surface area contributed by atoms with Crippen LogP contribution in [-0.4, -0.2) is 66.2 Å². The highest BCUT2D eigenvalue weighted by Gasteiger charge is 2.24. The summed E-state index contributed by atoms with van der Waals surface area (Å²) in [7, 11) is 0. The van der Waals surface area contributed by atoms with E-state index in [9.17, 15) is 9.18 Å².